The fraction of sp³-hybridized carbons (Fsp3) is 0.462. The van der Waals surface area contributed by atoms with E-state index in [-0.39, 0.29) is 49.5 Å². The lowest BCUT2D eigenvalue weighted by Crippen LogP contribution is -2.26. The van der Waals surface area contributed by atoms with Crippen LogP contribution in [0, 0.1) is 6.92 Å². The van der Waals surface area contributed by atoms with Crippen LogP contribution in [0.5, 0.6) is 11.5 Å². The van der Waals surface area contributed by atoms with E-state index in [9.17, 15) is 43.2 Å². The molecule has 0 spiro atoms. The van der Waals surface area contributed by atoms with Crippen LogP contribution in [0.3, 0.4) is 0 Å². The second kappa shape index (κ2) is 15.5. The van der Waals surface area contributed by atoms with Crippen LogP contribution in [0.2, 0.25) is 0 Å². The van der Waals surface area contributed by atoms with Gasteiger partial charge in [0.25, 0.3) is 0 Å². The van der Waals surface area contributed by atoms with E-state index in [1.165, 1.54) is 45.0 Å². The summed E-state index contributed by atoms with van der Waals surface area (Å²) in [6, 6.07) is 8.10. The van der Waals surface area contributed by atoms with Crippen LogP contribution in [0.1, 0.15) is 49.8 Å². The van der Waals surface area contributed by atoms with Crippen LogP contribution in [0.4, 0.5) is 26.3 Å². The number of ether oxygens (including phenoxy) is 2. The molecule has 0 heterocycles. The van der Waals surface area contributed by atoms with Gasteiger partial charge in [0.1, 0.15) is 11.5 Å². The molecule has 2 aromatic carbocycles. The molecule has 0 aromatic heterocycles. The van der Waals surface area contributed by atoms with E-state index in [1.807, 2.05) is 0 Å². The van der Waals surface area contributed by atoms with Crippen molar-refractivity contribution in [3.8, 4) is 11.5 Å². The highest BCUT2D eigenvalue weighted by Gasteiger charge is 2.40. The molecular weight excluding hydrogens is 646 g/mol. The first-order valence-electron chi connectivity index (χ1n) is 13.0. The van der Waals surface area contributed by atoms with Gasteiger partial charge < -0.3 is 9.47 Å². The summed E-state index contributed by atoms with van der Waals surface area (Å²) in [7, 11) is -8.54. The van der Waals surface area contributed by atoms with Crippen molar-refractivity contribution in [2.24, 2.45) is 10.3 Å². The van der Waals surface area contributed by atoms with Crippen LogP contribution in [0.25, 0.3) is 0 Å². The molecule has 18 heteroatoms. The smallest absolute Gasteiger partial charge is 0.437 e. The number of rotatable bonds is 16. The zero-order valence-electron chi connectivity index (χ0n) is 23.7. The molecule has 2 aromatic rings. The molecule has 0 unspecified atom stereocenters. The first-order chi connectivity index (χ1) is 20.4. The molecule has 0 saturated carbocycles. The topological polar surface area (TPSA) is 130 Å². The standard InChI is InChI=1S/C26H30F6N2O8S2/c1-4-15-43(35,36)41-33-23(25(27,28)29)19-7-9-20(10-8-19)39-13-6-14-40-21-11-12-22(18(3)17-21)24(26(30,31)32)34-42-44(37,38)16-5-2/h7-12,17H,4-6,13-16H2,1-3H3. The van der Waals surface area contributed by atoms with Crippen LogP contribution in [-0.2, 0) is 28.8 Å². The minimum atomic E-state index is -5.01. The molecule has 0 aliphatic heterocycles. The molecule has 0 bridgehead atoms. The number of nitrogens with zero attached hydrogens (tertiary/aromatic N) is 2. The molecule has 246 valence electrons. The van der Waals surface area contributed by atoms with Gasteiger partial charge in [0.05, 0.1) is 24.7 Å². The molecular formula is C26H30F6N2O8S2. The van der Waals surface area contributed by atoms with Gasteiger partial charge in [-0.05, 0) is 67.8 Å². The fourth-order valence-corrected chi connectivity index (χ4v) is 4.95. The van der Waals surface area contributed by atoms with E-state index < -0.39 is 66.6 Å². The minimum absolute atomic E-state index is 0.0590. The maximum absolute atomic E-state index is 13.6. The Hall–Kier alpha value is -3.54. The van der Waals surface area contributed by atoms with Crippen LogP contribution >= 0.6 is 0 Å². The van der Waals surface area contributed by atoms with Crippen molar-refractivity contribution in [3.05, 3.63) is 59.2 Å². The van der Waals surface area contributed by atoms with Crippen molar-refractivity contribution in [1.82, 2.24) is 0 Å². The Labute approximate surface area is 250 Å². The van der Waals surface area contributed by atoms with Gasteiger partial charge in [-0.3, -0.25) is 8.57 Å². The third-order valence-electron chi connectivity index (χ3n) is 5.34. The predicted molar refractivity (Wildman–Crippen MR) is 149 cm³/mol. The van der Waals surface area contributed by atoms with Gasteiger partial charge in [-0.15, -0.1) is 0 Å². The predicted octanol–water partition coefficient (Wildman–Crippen LogP) is 5.89. The van der Waals surface area contributed by atoms with Crippen molar-refractivity contribution in [3.63, 3.8) is 0 Å². The van der Waals surface area contributed by atoms with Crippen molar-refractivity contribution < 1.29 is 61.2 Å². The minimum Gasteiger partial charge on any atom is -0.493 e. The molecule has 0 aliphatic carbocycles. The number of hydrogen-bond acceptors (Lipinski definition) is 10. The first-order valence-corrected chi connectivity index (χ1v) is 16.1. The lowest BCUT2D eigenvalue weighted by Gasteiger charge is -2.14. The van der Waals surface area contributed by atoms with Crippen LogP contribution in [0.15, 0.2) is 52.8 Å². The number of alkyl halides is 6. The second-order valence-corrected chi connectivity index (χ2v) is 12.4. The van der Waals surface area contributed by atoms with E-state index in [2.05, 4.69) is 18.9 Å². The van der Waals surface area contributed by atoms with Gasteiger partial charge in [-0.2, -0.15) is 43.2 Å². The van der Waals surface area contributed by atoms with Crippen molar-refractivity contribution in [1.29, 1.82) is 0 Å². The molecule has 0 fully saturated rings. The SMILES string of the molecule is CCCS(=O)(=O)ON=C(c1ccc(OCCCOc2ccc(C(=NOS(=O)(=O)CCC)C(F)(F)F)c(C)c2)cc1)C(F)(F)F. The summed E-state index contributed by atoms with van der Waals surface area (Å²) in [5, 5.41) is 5.68. The molecule has 0 atom stereocenters. The Balaban J connectivity index is 1.98. The third-order valence-corrected chi connectivity index (χ3v) is 7.76. The Morgan fingerprint density at radius 1 is 0.705 bits per heavy atom. The molecule has 0 radical (unpaired) electrons. The molecule has 0 amide bonds. The fourth-order valence-electron chi connectivity index (χ4n) is 3.42. The van der Waals surface area contributed by atoms with Crippen molar-refractivity contribution in [2.75, 3.05) is 24.7 Å². The van der Waals surface area contributed by atoms with Gasteiger partial charge in [0.2, 0.25) is 0 Å². The summed E-state index contributed by atoms with van der Waals surface area (Å²) in [5.74, 6) is -0.602. The van der Waals surface area contributed by atoms with Gasteiger partial charge in [-0.1, -0.05) is 24.2 Å². The Morgan fingerprint density at radius 3 is 1.61 bits per heavy atom. The summed E-state index contributed by atoms with van der Waals surface area (Å²) in [4.78, 5) is 0. The van der Waals surface area contributed by atoms with E-state index in [1.54, 1.807) is 0 Å². The Kier molecular flexibility index (Phi) is 12.9. The highest BCUT2D eigenvalue weighted by Crippen LogP contribution is 2.28. The molecule has 44 heavy (non-hydrogen) atoms. The third kappa shape index (κ3) is 11.9. The van der Waals surface area contributed by atoms with Gasteiger partial charge in [0.15, 0.2) is 11.4 Å². The summed E-state index contributed by atoms with van der Waals surface area (Å²) >= 11 is 0. The molecule has 2 rings (SSSR count). The average Bonchev–Trinajstić information content (AvgIpc) is 2.89. The molecule has 0 aliphatic rings. The van der Waals surface area contributed by atoms with Crippen molar-refractivity contribution in [2.45, 2.75) is 52.4 Å². The molecule has 0 N–H and O–H groups in total. The number of benzene rings is 2. The van der Waals surface area contributed by atoms with E-state index in [0.29, 0.717) is 0 Å². The number of aryl methyl sites for hydroxylation is 1. The van der Waals surface area contributed by atoms with Gasteiger partial charge >= 0.3 is 32.6 Å². The normalized spacial score (nSPS) is 13.5. The zero-order chi connectivity index (χ0) is 33.2. The van der Waals surface area contributed by atoms with Gasteiger partial charge in [0, 0.05) is 17.5 Å². The van der Waals surface area contributed by atoms with E-state index >= 15 is 0 Å². The summed E-state index contributed by atoms with van der Waals surface area (Å²) < 4.78 is 147. The number of oxime groups is 2. The number of hydrogen-bond donors (Lipinski definition) is 0. The number of halogens is 6. The quantitative estimate of drug-likeness (QED) is 0.0932. The molecule has 0 saturated heterocycles. The monoisotopic (exact) mass is 676 g/mol. The Morgan fingerprint density at radius 2 is 1.16 bits per heavy atom. The van der Waals surface area contributed by atoms with Crippen LogP contribution < -0.4 is 9.47 Å². The highest BCUT2D eigenvalue weighted by molar-refractivity contribution is 7.86. The maximum atomic E-state index is 13.6. The average molecular weight is 677 g/mol. The van der Waals surface area contributed by atoms with Gasteiger partial charge in [-0.25, -0.2) is 0 Å². The largest absolute Gasteiger partial charge is 0.493 e. The maximum Gasteiger partial charge on any atom is 0.437 e. The summed E-state index contributed by atoms with van der Waals surface area (Å²) in [6.45, 7) is 4.49. The first kappa shape index (κ1) is 36.7. The lowest BCUT2D eigenvalue weighted by molar-refractivity contribution is -0.0606. The van der Waals surface area contributed by atoms with Crippen molar-refractivity contribution >= 4 is 31.7 Å². The highest BCUT2D eigenvalue weighted by atomic mass is 32.2. The summed E-state index contributed by atoms with van der Waals surface area (Å²) in [5.41, 5.74) is -3.84. The summed E-state index contributed by atoms with van der Waals surface area (Å²) in [6.07, 6.45) is -9.47. The van der Waals surface area contributed by atoms with E-state index in [0.717, 1.165) is 18.2 Å². The second-order valence-electron chi connectivity index (χ2n) is 9.10. The lowest BCUT2D eigenvalue weighted by atomic mass is 10.0. The van der Waals surface area contributed by atoms with E-state index in [4.69, 9.17) is 9.47 Å². The Bertz CT molecular complexity index is 1520. The zero-order valence-corrected chi connectivity index (χ0v) is 25.4. The van der Waals surface area contributed by atoms with Crippen LogP contribution in [-0.4, -0.2) is 65.3 Å². The molecule has 10 nitrogen and oxygen atoms in total.